The van der Waals surface area contributed by atoms with E-state index in [0.29, 0.717) is 5.82 Å². The molecule has 1 aliphatic carbocycles. The van der Waals surface area contributed by atoms with Crippen LogP contribution >= 0.6 is 0 Å². The average molecular weight is 222 g/mol. The van der Waals surface area contributed by atoms with Crippen LogP contribution in [0.5, 0.6) is 0 Å². The van der Waals surface area contributed by atoms with Crippen molar-refractivity contribution in [2.24, 2.45) is 5.92 Å². The molecule has 0 unspecified atom stereocenters. The lowest BCUT2D eigenvalue weighted by Crippen LogP contribution is -2.34. The summed E-state index contributed by atoms with van der Waals surface area (Å²) in [5, 5.41) is 4.20. The zero-order valence-corrected chi connectivity index (χ0v) is 10.1. The minimum Gasteiger partial charge on any atom is -0.382 e. The first kappa shape index (κ1) is 11.5. The van der Waals surface area contributed by atoms with E-state index in [0.717, 1.165) is 25.6 Å². The highest BCUT2D eigenvalue weighted by atomic mass is 15.3. The van der Waals surface area contributed by atoms with E-state index in [2.05, 4.69) is 16.9 Å². The molecule has 0 radical (unpaired) electrons. The number of nitrogens with zero attached hydrogens (tertiary/aromatic N) is 3. The van der Waals surface area contributed by atoms with E-state index in [1.807, 2.05) is 16.9 Å². The van der Waals surface area contributed by atoms with Gasteiger partial charge in [0.15, 0.2) is 0 Å². The minimum absolute atomic E-state index is 0.613. The molecule has 16 heavy (non-hydrogen) atoms. The van der Waals surface area contributed by atoms with Crippen LogP contribution in [-0.2, 0) is 6.54 Å². The number of nitrogen functional groups attached to an aromatic ring is 1. The smallest absolute Gasteiger partial charge is 0.145 e. The molecule has 1 aromatic rings. The van der Waals surface area contributed by atoms with Crippen molar-refractivity contribution in [2.75, 3.05) is 25.4 Å². The molecule has 1 aromatic heterocycles. The van der Waals surface area contributed by atoms with Crippen molar-refractivity contribution >= 4 is 5.82 Å². The van der Waals surface area contributed by atoms with E-state index in [1.54, 1.807) is 0 Å². The first-order valence-corrected chi connectivity index (χ1v) is 6.29. The van der Waals surface area contributed by atoms with Gasteiger partial charge in [0.05, 0.1) is 6.54 Å². The third kappa shape index (κ3) is 2.98. The molecule has 0 aliphatic heterocycles. The van der Waals surface area contributed by atoms with Gasteiger partial charge in [-0.1, -0.05) is 13.3 Å². The third-order valence-corrected chi connectivity index (χ3v) is 3.49. The molecule has 0 spiro atoms. The lowest BCUT2D eigenvalue weighted by atomic mass is 9.85. The fourth-order valence-electron chi connectivity index (χ4n) is 2.16. The van der Waals surface area contributed by atoms with Gasteiger partial charge in [0.2, 0.25) is 0 Å². The maximum Gasteiger partial charge on any atom is 0.145 e. The largest absolute Gasteiger partial charge is 0.382 e. The van der Waals surface area contributed by atoms with Crippen LogP contribution in [-0.4, -0.2) is 34.3 Å². The van der Waals surface area contributed by atoms with E-state index in [-0.39, 0.29) is 0 Å². The molecule has 1 saturated carbocycles. The summed E-state index contributed by atoms with van der Waals surface area (Å²) in [4.78, 5) is 2.52. The molecule has 0 bridgehead atoms. The zero-order chi connectivity index (χ0) is 11.4. The predicted octanol–water partition coefficient (Wildman–Crippen LogP) is 1.59. The number of nitrogens with two attached hydrogens (primary N) is 1. The quantitative estimate of drug-likeness (QED) is 0.795. The molecule has 1 fully saturated rings. The van der Waals surface area contributed by atoms with Crippen LogP contribution in [0, 0.1) is 5.92 Å². The average Bonchev–Trinajstić information content (AvgIpc) is 2.62. The lowest BCUT2D eigenvalue weighted by molar-refractivity contribution is 0.178. The first-order valence-electron chi connectivity index (χ1n) is 6.29. The Labute approximate surface area is 97.4 Å². The highest BCUT2D eigenvalue weighted by molar-refractivity contribution is 5.23. The standard InChI is InChI=1S/C12H22N4/c1-2-15(10-11-4-3-5-11)8-9-16-7-6-12(13)14-16/h6-7,11H,2-5,8-10H2,1H3,(H2,13,14). The fraction of sp³-hybridized carbons (Fsp3) is 0.750. The van der Waals surface area contributed by atoms with Gasteiger partial charge in [0, 0.05) is 19.3 Å². The number of hydrogen-bond donors (Lipinski definition) is 1. The Kier molecular flexibility index (Phi) is 3.83. The normalized spacial score (nSPS) is 16.6. The summed E-state index contributed by atoms with van der Waals surface area (Å²) in [5.74, 6) is 1.56. The van der Waals surface area contributed by atoms with Crippen LogP contribution in [0.2, 0.25) is 0 Å². The molecule has 0 atom stereocenters. The van der Waals surface area contributed by atoms with Crippen molar-refractivity contribution < 1.29 is 0 Å². The maximum absolute atomic E-state index is 5.58. The Bertz CT molecular complexity index is 317. The second-order valence-corrected chi connectivity index (χ2v) is 4.69. The first-order chi connectivity index (χ1) is 7.78. The Morgan fingerprint density at radius 2 is 2.38 bits per heavy atom. The summed E-state index contributed by atoms with van der Waals surface area (Å²) < 4.78 is 1.93. The van der Waals surface area contributed by atoms with E-state index in [9.17, 15) is 0 Å². The van der Waals surface area contributed by atoms with Crippen LogP contribution in [0.1, 0.15) is 26.2 Å². The van der Waals surface area contributed by atoms with Gasteiger partial charge in [-0.25, -0.2) is 0 Å². The van der Waals surface area contributed by atoms with Gasteiger partial charge in [-0.15, -0.1) is 0 Å². The fourth-order valence-corrected chi connectivity index (χ4v) is 2.16. The molecular weight excluding hydrogens is 200 g/mol. The van der Waals surface area contributed by atoms with Gasteiger partial charge in [-0.2, -0.15) is 5.10 Å². The van der Waals surface area contributed by atoms with Crippen LogP contribution < -0.4 is 5.73 Å². The Morgan fingerprint density at radius 1 is 1.56 bits per heavy atom. The van der Waals surface area contributed by atoms with Crippen molar-refractivity contribution in [3.63, 3.8) is 0 Å². The van der Waals surface area contributed by atoms with E-state index in [1.165, 1.54) is 25.8 Å². The zero-order valence-electron chi connectivity index (χ0n) is 10.1. The third-order valence-electron chi connectivity index (χ3n) is 3.49. The van der Waals surface area contributed by atoms with Crippen molar-refractivity contribution in [3.05, 3.63) is 12.3 Å². The number of rotatable bonds is 6. The molecule has 0 saturated heterocycles. The van der Waals surface area contributed by atoms with Gasteiger partial charge < -0.3 is 10.6 Å². The Morgan fingerprint density at radius 3 is 2.88 bits per heavy atom. The summed E-state index contributed by atoms with van der Waals surface area (Å²) in [6.45, 7) is 6.64. The van der Waals surface area contributed by atoms with E-state index in [4.69, 9.17) is 5.73 Å². The summed E-state index contributed by atoms with van der Waals surface area (Å²) in [6, 6.07) is 1.85. The van der Waals surface area contributed by atoms with Gasteiger partial charge in [-0.05, 0) is 31.4 Å². The molecule has 0 aromatic carbocycles. The topological polar surface area (TPSA) is 47.1 Å². The van der Waals surface area contributed by atoms with Crippen LogP contribution in [0.4, 0.5) is 5.82 Å². The molecular formula is C12H22N4. The number of likely N-dealkylation sites (N-methyl/N-ethyl adjacent to an activating group) is 1. The summed E-state index contributed by atoms with van der Waals surface area (Å²) in [6.07, 6.45) is 6.22. The Balaban J connectivity index is 1.73. The van der Waals surface area contributed by atoms with E-state index >= 15 is 0 Å². The molecule has 0 amide bonds. The number of hydrogen-bond acceptors (Lipinski definition) is 3. The SMILES string of the molecule is CCN(CCn1ccc(N)n1)CC1CCC1. The van der Waals surface area contributed by atoms with Gasteiger partial charge >= 0.3 is 0 Å². The highest BCUT2D eigenvalue weighted by Gasteiger charge is 2.19. The molecule has 4 nitrogen and oxygen atoms in total. The summed E-state index contributed by atoms with van der Waals surface area (Å²) >= 11 is 0. The minimum atomic E-state index is 0.613. The van der Waals surface area contributed by atoms with Crippen LogP contribution in [0.15, 0.2) is 12.3 Å². The van der Waals surface area contributed by atoms with Crippen molar-refractivity contribution in [2.45, 2.75) is 32.7 Å². The summed E-state index contributed by atoms with van der Waals surface area (Å²) in [5.41, 5.74) is 5.58. The van der Waals surface area contributed by atoms with Crippen molar-refractivity contribution in [1.29, 1.82) is 0 Å². The lowest BCUT2D eigenvalue weighted by Gasteiger charge is -2.31. The van der Waals surface area contributed by atoms with Gasteiger partial charge in [0.1, 0.15) is 5.82 Å². The highest BCUT2D eigenvalue weighted by Crippen LogP contribution is 2.26. The summed E-state index contributed by atoms with van der Waals surface area (Å²) in [7, 11) is 0. The van der Waals surface area contributed by atoms with Gasteiger partial charge in [0.25, 0.3) is 0 Å². The maximum atomic E-state index is 5.58. The van der Waals surface area contributed by atoms with Gasteiger partial charge in [-0.3, -0.25) is 4.68 Å². The van der Waals surface area contributed by atoms with Crippen molar-refractivity contribution in [1.82, 2.24) is 14.7 Å². The molecule has 4 heteroatoms. The molecule has 90 valence electrons. The number of aromatic nitrogens is 2. The monoisotopic (exact) mass is 222 g/mol. The Hall–Kier alpha value is -1.03. The molecule has 2 N–H and O–H groups in total. The van der Waals surface area contributed by atoms with Crippen LogP contribution in [0.3, 0.4) is 0 Å². The van der Waals surface area contributed by atoms with E-state index < -0.39 is 0 Å². The number of anilines is 1. The van der Waals surface area contributed by atoms with Crippen LogP contribution in [0.25, 0.3) is 0 Å². The molecule has 1 heterocycles. The molecule has 2 rings (SSSR count). The predicted molar refractivity (Wildman–Crippen MR) is 66.1 cm³/mol. The van der Waals surface area contributed by atoms with Crippen molar-refractivity contribution in [3.8, 4) is 0 Å². The second-order valence-electron chi connectivity index (χ2n) is 4.69. The molecule has 1 aliphatic rings. The second kappa shape index (κ2) is 5.34.